The molecule has 4 nitrogen and oxygen atoms in total. The van der Waals surface area contributed by atoms with Gasteiger partial charge in [0, 0.05) is 46.7 Å². The smallest absolute Gasteiger partial charge is 0.266 e. The van der Waals surface area contributed by atoms with E-state index in [1.165, 1.54) is 11.8 Å². The summed E-state index contributed by atoms with van der Waals surface area (Å²) in [5.74, 6) is -0.0114. The second kappa shape index (κ2) is 10.1. The summed E-state index contributed by atoms with van der Waals surface area (Å²) in [4.78, 5) is 18.6. The van der Waals surface area contributed by atoms with E-state index in [-0.39, 0.29) is 5.91 Å². The molecule has 158 valence electrons. The average molecular weight is 500 g/mol. The van der Waals surface area contributed by atoms with E-state index in [4.69, 9.17) is 40.2 Å². The molecule has 0 atom stereocenters. The second-order valence-electron chi connectivity index (χ2n) is 7.00. The van der Waals surface area contributed by atoms with Crippen molar-refractivity contribution in [3.8, 4) is 11.1 Å². The van der Waals surface area contributed by atoms with Crippen LogP contribution in [-0.2, 0) is 9.53 Å². The van der Waals surface area contributed by atoms with Crippen LogP contribution in [0.4, 0.5) is 0 Å². The minimum Gasteiger partial charge on any atom is -0.379 e. The van der Waals surface area contributed by atoms with E-state index in [2.05, 4.69) is 4.90 Å². The lowest BCUT2D eigenvalue weighted by Gasteiger charge is -2.27. The van der Waals surface area contributed by atoms with Gasteiger partial charge in [-0.15, -0.1) is 11.3 Å². The van der Waals surface area contributed by atoms with Crippen molar-refractivity contribution in [1.82, 2.24) is 9.80 Å². The minimum atomic E-state index is -0.0114. The average Bonchev–Trinajstić information content (AvgIpc) is 3.30. The summed E-state index contributed by atoms with van der Waals surface area (Å²) in [6.07, 6.45) is 2.81. The third-order valence-electron chi connectivity index (χ3n) is 4.97. The van der Waals surface area contributed by atoms with Crippen LogP contribution in [0.15, 0.2) is 34.6 Å². The van der Waals surface area contributed by atoms with Gasteiger partial charge in [-0.25, -0.2) is 0 Å². The number of halogens is 2. The van der Waals surface area contributed by atoms with Crippen molar-refractivity contribution in [2.45, 2.75) is 6.42 Å². The lowest BCUT2D eigenvalue weighted by Crippen LogP contribution is -2.38. The first kappa shape index (κ1) is 22.3. The Labute approximate surface area is 199 Å². The fourth-order valence-corrected chi connectivity index (χ4v) is 6.00. The number of thioether (sulfide) groups is 1. The zero-order valence-electron chi connectivity index (χ0n) is 16.1. The predicted octanol–water partition coefficient (Wildman–Crippen LogP) is 5.65. The fraction of sp³-hybridized carbons (Fsp3) is 0.333. The van der Waals surface area contributed by atoms with Crippen molar-refractivity contribution in [1.29, 1.82) is 0 Å². The predicted molar refractivity (Wildman–Crippen MR) is 132 cm³/mol. The number of hydrogen-bond acceptors (Lipinski definition) is 6. The molecule has 2 aromatic rings. The van der Waals surface area contributed by atoms with Gasteiger partial charge in [0.2, 0.25) is 0 Å². The molecule has 2 fully saturated rings. The molecule has 3 heterocycles. The molecule has 0 N–H and O–H groups in total. The summed E-state index contributed by atoms with van der Waals surface area (Å²) in [7, 11) is 0. The number of ether oxygens (including phenoxy) is 1. The standard InChI is InChI=1S/C21H20Cl2N2O2S3/c22-15-2-3-18(23)17(11-15)14-10-16(29-13-14)12-19-20(26)25(21(28)30-19)5-1-4-24-6-8-27-9-7-24/h2-3,10-13H,1,4-9H2. The summed E-state index contributed by atoms with van der Waals surface area (Å²) in [6.45, 7) is 5.08. The number of thiocarbonyl (C=S) groups is 1. The molecule has 1 aromatic carbocycles. The SMILES string of the molecule is O=C1C(=Cc2cc(-c3cc(Cl)ccc3Cl)cs2)SC(=S)N1CCCN1CCOCC1. The maximum absolute atomic E-state index is 12.9. The van der Waals surface area contributed by atoms with Crippen LogP contribution in [0.3, 0.4) is 0 Å². The van der Waals surface area contributed by atoms with Gasteiger partial charge < -0.3 is 4.74 Å². The van der Waals surface area contributed by atoms with Gasteiger partial charge in [0.1, 0.15) is 4.32 Å². The topological polar surface area (TPSA) is 32.8 Å². The highest BCUT2D eigenvalue weighted by molar-refractivity contribution is 8.26. The maximum Gasteiger partial charge on any atom is 0.266 e. The molecular weight excluding hydrogens is 479 g/mol. The van der Waals surface area contributed by atoms with E-state index in [1.807, 2.05) is 23.6 Å². The Morgan fingerprint density at radius 2 is 1.97 bits per heavy atom. The Balaban J connectivity index is 1.41. The highest BCUT2D eigenvalue weighted by Crippen LogP contribution is 2.37. The van der Waals surface area contributed by atoms with Crippen LogP contribution < -0.4 is 0 Å². The molecule has 1 aromatic heterocycles. The number of carbonyl (C=O) groups is 1. The van der Waals surface area contributed by atoms with Gasteiger partial charge in [-0.3, -0.25) is 14.6 Å². The number of amides is 1. The van der Waals surface area contributed by atoms with E-state index in [0.717, 1.165) is 55.3 Å². The second-order valence-corrected chi connectivity index (χ2v) is 10.5. The van der Waals surface area contributed by atoms with E-state index in [0.29, 0.717) is 25.8 Å². The van der Waals surface area contributed by atoms with Crippen LogP contribution in [0.2, 0.25) is 10.0 Å². The van der Waals surface area contributed by atoms with Crippen molar-refractivity contribution in [2.24, 2.45) is 0 Å². The van der Waals surface area contributed by atoms with Gasteiger partial charge in [0.25, 0.3) is 5.91 Å². The molecule has 0 radical (unpaired) electrons. The third-order valence-corrected chi connectivity index (χ3v) is 7.79. The first-order valence-corrected chi connectivity index (χ1v) is 12.5. The Kier molecular flexibility index (Phi) is 7.52. The lowest BCUT2D eigenvalue weighted by atomic mass is 10.1. The van der Waals surface area contributed by atoms with Crippen LogP contribution >= 0.6 is 58.5 Å². The monoisotopic (exact) mass is 498 g/mol. The molecule has 4 rings (SSSR count). The maximum atomic E-state index is 12.9. The Hall–Kier alpha value is -0.930. The van der Waals surface area contributed by atoms with Crippen LogP contribution in [0.1, 0.15) is 11.3 Å². The van der Waals surface area contributed by atoms with E-state index < -0.39 is 0 Å². The van der Waals surface area contributed by atoms with Crippen molar-refractivity contribution in [3.05, 3.63) is 49.5 Å². The van der Waals surface area contributed by atoms with Crippen LogP contribution in [0.5, 0.6) is 0 Å². The molecule has 0 bridgehead atoms. The molecule has 2 aliphatic heterocycles. The number of hydrogen-bond donors (Lipinski definition) is 0. The van der Waals surface area contributed by atoms with Gasteiger partial charge in [-0.1, -0.05) is 47.2 Å². The van der Waals surface area contributed by atoms with Crippen molar-refractivity contribution < 1.29 is 9.53 Å². The summed E-state index contributed by atoms with van der Waals surface area (Å²) in [6, 6.07) is 7.43. The summed E-state index contributed by atoms with van der Waals surface area (Å²) >= 11 is 20.8. The van der Waals surface area contributed by atoms with Gasteiger partial charge in [-0.05, 0) is 47.7 Å². The van der Waals surface area contributed by atoms with Gasteiger partial charge in [0.15, 0.2) is 0 Å². The third kappa shape index (κ3) is 5.27. The lowest BCUT2D eigenvalue weighted by molar-refractivity contribution is -0.122. The molecule has 30 heavy (non-hydrogen) atoms. The molecular formula is C21H20Cl2N2O2S3. The Bertz CT molecular complexity index is 986. The minimum absolute atomic E-state index is 0.0114. The number of nitrogens with zero attached hydrogens (tertiary/aromatic N) is 2. The largest absolute Gasteiger partial charge is 0.379 e. The molecule has 0 aliphatic carbocycles. The van der Waals surface area contributed by atoms with E-state index >= 15 is 0 Å². The van der Waals surface area contributed by atoms with Crippen molar-refractivity contribution in [3.63, 3.8) is 0 Å². The van der Waals surface area contributed by atoms with Gasteiger partial charge in [-0.2, -0.15) is 0 Å². The summed E-state index contributed by atoms with van der Waals surface area (Å²) < 4.78 is 6.00. The number of benzene rings is 1. The van der Waals surface area contributed by atoms with Crippen LogP contribution in [0.25, 0.3) is 17.2 Å². The van der Waals surface area contributed by atoms with E-state index in [1.54, 1.807) is 28.4 Å². The summed E-state index contributed by atoms with van der Waals surface area (Å²) in [5.41, 5.74) is 1.87. The molecule has 2 saturated heterocycles. The first-order chi connectivity index (χ1) is 14.5. The Morgan fingerprint density at radius 3 is 2.77 bits per heavy atom. The molecule has 0 saturated carbocycles. The Morgan fingerprint density at radius 1 is 1.17 bits per heavy atom. The normalized spacial score (nSPS) is 19.3. The van der Waals surface area contributed by atoms with Gasteiger partial charge >= 0.3 is 0 Å². The molecule has 0 spiro atoms. The van der Waals surface area contributed by atoms with Crippen molar-refractivity contribution >= 4 is 74.8 Å². The van der Waals surface area contributed by atoms with Crippen molar-refractivity contribution in [2.75, 3.05) is 39.4 Å². The highest BCUT2D eigenvalue weighted by atomic mass is 35.5. The number of rotatable bonds is 6. The van der Waals surface area contributed by atoms with Gasteiger partial charge in [0.05, 0.1) is 18.1 Å². The number of morpholine rings is 1. The number of thiophene rings is 1. The van der Waals surface area contributed by atoms with Crippen LogP contribution in [-0.4, -0.2) is 59.4 Å². The number of carbonyl (C=O) groups excluding carboxylic acids is 1. The molecule has 9 heteroatoms. The zero-order valence-corrected chi connectivity index (χ0v) is 20.1. The molecule has 0 unspecified atom stereocenters. The molecule has 2 aliphatic rings. The highest BCUT2D eigenvalue weighted by Gasteiger charge is 2.31. The summed E-state index contributed by atoms with van der Waals surface area (Å²) in [5, 5.41) is 3.31. The quantitative estimate of drug-likeness (QED) is 0.379. The van der Waals surface area contributed by atoms with Crippen LogP contribution in [0, 0.1) is 0 Å². The zero-order chi connectivity index (χ0) is 21.1. The fourth-order valence-electron chi connectivity index (χ4n) is 3.39. The molecule has 1 amide bonds. The van der Waals surface area contributed by atoms with E-state index in [9.17, 15) is 4.79 Å². The first-order valence-electron chi connectivity index (χ1n) is 9.61.